The summed E-state index contributed by atoms with van der Waals surface area (Å²) in [5.74, 6) is 3.09. The van der Waals surface area contributed by atoms with E-state index in [0.29, 0.717) is 12.0 Å². The minimum absolute atomic E-state index is 0.626. The highest BCUT2D eigenvalue weighted by Crippen LogP contribution is 2.11. The van der Waals surface area contributed by atoms with Crippen molar-refractivity contribution in [3.05, 3.63) is 6.42 Å². The van der Waals surface area contributed by atoms with E-state index in [2.05, 4.69) is 25.1 Å². The molecule has 0 aromatic rings. The lowest BCUT2D eigenvalue weighted by Crippen LogP contribution is -2.20. The first-order valence-corrected chi connectivity index (χ1v) is 4.77. The molecule has 1 N–H and O–H groups in total. The number of nitrogens with one attached hydrogen (secondary N) is 1. The van der Waals surface area contributed by atoms with Crippen LogP contribution >= 0.6 is 0 Å². The SMILES string of the molecule is [C]#CCC(C)CCCC(C)NC. The van der Waals surface area contributed by atoms with E-state index in [1.165, 1.54) is 19.3 Å². The minimum atomic E-state index is 0.626. The van der Waals surface area contributed by atoms with E-state index in [1.807, 2.05) is 7.05 Å². The second-order valence-electron chi connectivity index (χ2n) is 3.61. The van der Waals surface area contributed by atoms with Gasteiger partial charge in [-0.2, -0.15) is 0 Å². The third-order valence-corrected chi connectivity index (χ3v) is 2.28. The van der Waals surface area contributed by atoms with Gasteiger partial charge in [-0.25, -0.2) is 0 Å². The summed E-state index contributed by atoms with van der Waals surface area (Å²) in [5.41, 5.74) is 0. The highest BCUT2D eigenvalue weighted by atomic mass is 14.8. The molecule has 0 aromatic carbocycles. The van der Waals surface area contributed by atoms with Crippen molar-refractivity contribution in [3.8, 4) is 5.92 Å². The average Bonchev–Trinajstić information content (AvgIpc) is 2.04. The van der Waals surface area contributed by atoms with Gasteiger partial charge in [-0.3, -0.25) is 0 Å². The standard InChI is InChI=1S/C11H20N/c1-5-7-10(2)8-6-9-11(3)12-4/h10-12H,6-9H2,2-4H3. The van der Waals surface area contributed by atoms with E-state index in [9.17, 15) is 0 Å². The van der Waals surface area contributed by atoms with Gasteiger partial charge in [0.1, 0.15) is 0 Å². The first-order chi connectivity index (χ1) is 5.70. The van der Waals surface area contributed by atoms with Gasteiger partial charge >= 0.3 is 0 Å². The van der Waals surface area contributed by atoms with Crippen LogP contribution in [0.25, 0.3) is 0 Å². The van der Waals surface area contributed by atoms with Crippen LogP contribution in [0.3, 0.4) is 0 Å². The fourth-order valence-corrected chi connectivity index (χ4v) is 1.19. The Morgan fingerprint density at radius 3 is 2.50 bits per heavy atom. The lowest BCUT2D eigenvalue weighted by Gasteiger charge is -2.11. The molecule has 2 atom stereocenters. The van der Waals surface area contributed by atoms with Gasteiger partial charge < -0.3 is 5.32 Å². The summed E-state index contributed by atoms with van der Waals surface area (Å²) >= 11 is 0. The molecule has 0 aromatic heterocycles. The van der Waals surface area contributed by atoms with Gasteiger partial charge in [-0.15, -0.1) is 0 Å². The van der Waals surface area contributed by atoms with Gasteiger partial charge in [-0.1, -0.05) is 19.3 Å². The van der Waals surface area contributed by atoms with Crippen LogP contribution in [0.4, 0.5) is 0 Å². The van der Waals surface area contributed by atoms with Crippen LogP contribution < -0.4 is 5.32 Å². The van der Waals surface area contributed by atoms with Gasteiger partial charge in [0.15, 0.2) is 0 Å². The summed E-state index contributed by atoms with van der Waals surface area (Å²) in [7, 11) is 2.00. The molecule has 0 amide bonds. The Morgan fingerprint density at radius 2 is 2.00 bits per heavy atom. The molecule has 0 heterocycles. The third kappa shape index (κ3) is 6.24. The first-order valence-electron chi connectivity index (χ1n) is 4.77. The van der Waals surface area contributed by atoms with E-state index >= 15 is 0 Å². The van der Waals surface area contributed by atoms with Crippen molar-refractivity contribution >= 4 is 0 Å². The highest BCUT2D eigenvalue weighted by molar-refractivity contribution is 4.78. The Balaban J connectivity index is 3.25. The van der Waals surface area contributed by atoms with Crippen molar-refractivity contribution in [2.24, 2.45) is 5.92 Å². The van der Waals surface area contributed by atoms with Crippen LogP contribution in [-0.2, 0) is 0 Å². The molecule has 0 aliphatic rings. The molecule has 2 unspecified atom stereocenters. The second-order valence-corrected chi connectivity index (χ2v) is 3.61. The fraction of sp³-hybridized carbons (Fsp3) is 0.818. The Bertz CT molecular complexity index is 134. The monoisotopic (exact) mass is 166 g/mol. The summed E-state index contributed by atoms with van der Waals surface area (Å²) in [5, 5.41) is 3.22. The van der Waals surface area contributed by atoms with Gasteiger partial charge in [0, 0.05) is 12.5 Å². The molecule has 12 heavy (non-hydrogen) atoms. The molecule has 0 aliphatic carbocycles. The Labute approximate surface area is 76.9 Å². The molecule has 69 valence electrons. The number of rotatable bonds is 6. The van der Waals surface area contributed by atoms with Gasteiger partial charge in [0.2, 0.25) is 0 Å². The third-order valence-electron chi connectivity index (χ3n) is 2.28. The fourth-order valence-electron chi connectivity index (χ4n) is 1.19. The molecule has 1 radical (unpaired) electrons. The van der Waals surface area contributed by atoms with Crippen LogP contribution in [-0.4, -0.2) is 13.1 Å². The normalized spacial score (nSPS) is 15.2. The highest BCUT2D eigenvalue weighted by Gasteiger charge is 2.02. The van der Waals surface area contributed by atoms with Crippen molar-refractivity contribution < 1.29 is 0 Å². The number of hydrogen-bond donors (Lipinski definition) is 1. The minimum Gasteiger partial charge on any atom is -0.317 e. The van der Waals surface area contributed by atoms with Gasteiger partial charge in [-0.05, 0) is 39.2 Å². The van der Waals surface area contributed by atoms with Crippen LogP contribution in [0.1, 0.15) is 39.5 Å². The summed E-state index contributed by atoms with van der Waals surface area (Å²) in [4.78, 5) is 0. The maximum absolute atomic E-state index is 6.83. The van der Waals surface area contributed by atoms with Gasteiger partial charge in [0.05, 0.1) is 0 Å². The van der Waals surface area contributed by atoms with Crippen LogP contribution in [0.5, 0.6) is 0 Å². The molecule has 1 heteroatoms. The van der Waals surface area contributed by atoms with E-state index < -0.39 is 0 Å². The summed E-state index contributed by atoms with van der Waals surface area (Å²) < 4.78 is 0. The zero-order chi connectivity index (χ0) is 9.40. The van der Waals surface area contributed by atoms with Crippen molar-refractivity contribution in [1.82, 2.24) is 5.32 Å². The molecule has 0 saturated carbocycles. The lowest BCUT2D eigenvalue weighted by atomic mass is 9.99. The summed E-state index contributed by atoms with van der Waals surface area (Å²) in [6, 6.07) is 0.626. The number of hydrogen-bond acceptors (Lipinski definition) is 1. The Morgan fingerprint density at radius 1 is 1.33 bits per heavy atom. The lowest BCUT2D eigenvalue weighted by molar-refractivity contribution is 0.464. The van der Waals surface area contributed by atoms with Crippen LogP contribution in [0, 0.1) is 18.3 Å². The molecule has 0 bridgehead atoms. The van der Waals surface area contributed by atoms with Crippen molar-refractivity contribution in [2.75, 3.05) is 7.05 Å². The average molecular weight is 166 g/mol. The van der Waals surface area contributed by atoms with Crippen molar-refractivity contribution in [2.45, 2.75) is 45.6 Å². The summed E-state index contributed by atoms with van der Waals surface area (Å²) in [6.45, 7) is 4.39. The largest absolute Gasteiger partial charge is 0.317 e. The van der Waals surface area contributed by atoms with E-state index in [1.54, 1.807) is 0 Å². The van der Waals surface area contributed by atoms with Crippen molar-refractivity contribution in [3.63, 3.8) is 0 Å². The maximum atomic E-state index is 6.83. The maximum Gasteiger partial charge on any atom is 0.0125 e. The van der Waals surface area contributed by atoms with Crippen LogP contribution in [0.15, 0.2) is 0 Å². The molecule has 0 rings (SSSR count). The molecule has 0 aliphatic heterocycles. The van der Waals surface area contributed by atoms with Gasteiger partial charge in [0.25, 0.3) is 0 Å². The summed E-state index contributed by atoms with van der Waals surface area (Å²) in [6.07, 6.45) is 11.4. The van der Waals surface area contributed by atoms with E-state index in [0.717, 1.165) is 6.42 Å². The predicted octanol–water partition coefficient (Wildman–Crippen LogP) is 2.38. The molecule has 0 fully saturated rings. The molecule has 0 saturated heterocycles. The van der Waals surface area contributed by atoms with E-state index in [4.69, 9.17) is 6.42 Å². The topological polar surface area (TPSA) is 12.0 Å². The quantitative estimate of drug-likeness (QED) is 0.597. The second kappa shape index (κ2) is 7.18. The first kappa shape index (κ1) is 11.5. The zero-order valence-electron chi connectivity index (χ0n) is 8.48. The molecule has 1 nitrogen and oxygen atoms in total. The molecule has 0 spiro atoms. The molecular weight excluding hydrogens is 146 g/mol. The van der Waals surface area contributed by atoms with Crippen LogP contribution in [0.2, 0.25) is 0 Å². The Kier molecular flexibility index (Phi) is 6.90. The Hall–Kier alpha value is -0.480. The predicted molar refractivity (Wildman–Crippen MR) is 53.3 cm³/mol. The smallest absolute Gasteiger partial charge is 0.0125 e. The molecular formula is C11H20N. The zero-order valence-corrected chi connectivity index (χ0v) is 8.48. The van der Waals surface area contributed by atoms with E-state index in [-0.39, 0.29) is 0 Å². The van der Waals surface area contributed by atoms with Crippen molar-refractivity contribution in [1.29, 1.82) is 0 Å².